The van der Waals surface area contributed by atoms with E-state index in [1.165, 1.54) is 85.9 Å². The number of halogens is 2. The number of phenolic OH excluding ortho intramolecular Hbond substituents is 1. The van der Waals surface area contributed by atoms with E-state index in [2.05, 4.69) is 49.5 Å². The Hall–Kier alpha value is -9.99. The lowest BCUT2D eigenvalue weighted by atomic mass is 9.54. The molecule has 3 saturated heterocycles. The molecule has 21 N–H and O–H groups in total. The van der Waals surface area contributed by atoms with E-state index in [4.69, 9.17) is 67.8 Å². The summed E-state index contributed by atoms with van der Waals surface area (Å²) in [6.07, 6.45) is -11.6. The summed E-state index contributed by atoms with van der Waals surface area (Å²) >= 11 is 14.6. The third-order valence-corrected chi connectivity index (χ3v) is 29.9. The lowest BCUT2D eigenvalue weighted by Crippen LogP contribution is -2.64. The van der Waals surface area contributed by atoms with E-state index in [0.29, 0.717) is 24.2 Å². The zero-order chi connectivity index (χ0) is 95.7. The molecule has 134 heavy (non-hydrogen) atoms. The smallest absolute Gasteiger partial charge is 0.248 e. The topological polar surface area (TPSA) is 572 Å². The van der Waals surface area contributed by atoms with Gasteiger partial charge in [0.1, 0.15) is 89.8 Å². The minimum atomic E-state index is -4.25. The second-order valence-corrected chi connectivity index (χ2v) is 40.3. The number of carbonyl (C=O) groups is 8. The molecule has 0 radical (unpaired) electrons. The number of aromatic hydroxyl groups is 1. The Morgan fingerprint density at radius 1 is 0.716 bits per heavy atom. The molecule has 4 saturated carbocycles. The Morgan fingerprint density at radius 2 is 1.35 bits per heavy atom. The van der Waals surface area contributed by atoms with E-state index >= 15 is 28.8 Å². The van der Waals surface area contributed by atoms with Gasteiger partial charge in [-0.25, -0.2) is 8.42 Å². The van der Waals surface area contributed by atoms with E-state index in [9.17, 15) is 64.0 Å². The third kappa shape index (κ3) is 19.6. The molecule has 6 aromatic rings. The summed E-state index contributed by atoms with van der Waals surface area (Å²) in [6.45, 7) is 7.72. The molecule has 16 unspecified atom stereocenters. The van der Waals surface area contributed by atoms with Crippen molar-refractivity contribution >= 4 is 80.5 Å². The van der Waals surface area contributed by atoms with Crippen LogP contribution in [-0.2, 0) is 74.9 Å². The Balaban J connectivity index is 0.874. The van der Waals surface area contributed by atoms with Crippen LogP contribution in [0, 0.1) is 29.6 Å². The standard InChI is InChI=1S/C93H114Cl2N12O26S/c1-7-8-9-23-127-51-14-16-52(17-15-51)134(125,126)107-22-10-21-106(40-107)38-55-61(109)35-54-69-53-30-45(11-18-56(53)93(123,124)70(55)69)72-86(118)105-76(90(122)103-74(54)88(120)100-71-48-26-43-25-44(28-48)29-49(71)27-43)78(112)47-13-20-63(58(95)32-47)130-65-34-50-33-64(81(65)133-91-82(80(114)79(113)66(39-108)131-91)132-68-37-92(5,97)83(115)42(4)128-68)129-62-19-12-46(31-57(62)94)77(111)75(104-84(116)59(98-6)24-41(2)3)89(121)99-60(36-67(96)110)85(117)101-73(50)87(119)102-72/h11-20,30-35,41-44,48-49,59-60,66,68,71-80,82-83,91,98,108-109,111-115,123-124H,7-10,21-29,36-40,97H2,1-6H3,(H2,96,110)(H,99,121)(H,100,120)(H,101,117)(H,102,119)(H,103,122)(H,104,116)(H,105,118)/t42?,43?,44?,48?,49?,59?,60?,66?,68?,71?,72?,73?,74-,75?,76?,77?,78?,79?,80?,82?,83?,91?,92-/m0/s1. The van der Waals surface area contributed by atoms with Crippen molar-refractivity contribution in [3.05, 3.63) is 152 Å². The number of hydrogen-bond acceptors (Lipinski definition) is 29. The molecule has 7 fully saturated rings. The van der Waals surface area contributed by atoms with Crippen LogP contribution < -0.4 is 72.9 Å². The second kappa shape index (κ2) is 39.2. The van der Waals surface area contributed by atoms with Gasteiger partial charge >= 0.3 is 0 Å². The fraction of sp³-hybridized carbons (Fsp3) is 0.527. The number of nitrogens with zero attached hydrogens (tertiary/aromatic N) is 2. The maximum atomic E-state index is 16.8. The van der Waals surface area contributed by atoms with Gasteiger partial charge in [-0.3, -0.25) is 43.3 Å². The first kappa shape index (κ1) is 97.1. The van der Waals surface area contributed by atoms with Crippen molar-refractivity contribution in [3.8, 4) is 51.4 Å². The number of aliphatic hydroxyl groups excluding tert-OH is 6. The van der Waals surface area contributed by atoms with Crippen LogP contribution in [-0.4, -0.2) is 236 Å². The number of fused-ring (bicyclic) bond motifs is 12. The lowest BCUT2D eigenvalue weighted by Gasteiger charge is -2.54. The van der Waals surface area contributed by atoms with Crippen molar-refractivity contribution in [2.75, 3.05) is 40.0 Å². The molecule has 8 aliphatic heterocycles. The van der Waals surface area contributed by atoms with Crippen LogP contribution >= 0.6 is 23.2 Å². The fourth-order valence-corrected chi connectivity index (χ4v) is 22.7. The Morgan fingerprint density at radius 3 is 1.97 bits per heavy atom. The molecular formula is C93H114Cl2N12O26S. The van der Waals surface area contributed by atoms with Crippen LogP contribution in [0.1, 0.15) is 187 Å². The second-order valence-electron chi connectivity index (χ2n) is 37.6. The third-order valence-electron chi connectivity index (χ3n) is 27.5. The van der Waals surface area contributed by atoms with Gasteiger partial charge in [0.15, 0.2) is 23.9 Å². The summed E-state index contributed by atoms with van der Waals surface area (Å²) in [5.41, 5.74) is 8.34. The number of likely N-dealkylation sites (N-methyl/N-ethyl adjacent to an activating group) is 1. The molecule has 0 aromatic heterocycles. The maximum Gasteiger partial charge on any atom is 0.248 e. The highest BCUT2D eigenvalue weighted by atomic mass is 35.5. The van der Waals surface area contributed by atoms with Gasteiger partial charge in [-0.15, -0.1) is 0 Å². The van der Waals surface area contributed by atoms with Crippen LogP contribution in [0.3, 0.4) is 0 Å². The molecule has 8 heterocycles. The molecule has 38 nitrogen and oxygen atoms in total. The summed E-state index contributed by atoms with van der Waals surface area (Å²) in [5.74, 6) is -15.0. The van der Waals surface area contributed by atoms with Gasteiger partial charge in [0.05, 0.1) is 59.5 Å². The average molecular weight is 1920 g/mol. The zero-order valence-electron chi connectivity index (χ0n) is 74.4. The molecule has 13 aliphatic rings. The van der Waals surface area contributed by atoms with E-state index in [-0.39, 0.29) is 123 Å². The number of nitrogens with one attached hydrogen (secondary N) is 8. The summed E-state index contributed by atoms with van der Waals surface area (Å²) < 4.78 is 75.6. The summed E-state index contributed by atoms with van der Waals surface area (Å²) in [5, 5.41) is 132. The van der Waals surface area contributed by atoms with Crippen LogP contribution in [0.15, 0.2) is 102 Å². The minimum Gasteiger partial charge on any atom is -0.508 e. The zero-order valence-corrected chi connectivity index (χ0v) is 76.8. The highest BCUT2D eigenvalue weighted by molar-refractivity contribution is 7.89. The molecule has 0 spiro atoms. The molecule has 5 aliphatic carbocycles. The summed E-state index contributed by atoms with van der Waals surface area (Å²) in [6, 6.07) is 5.56. The van der Waals surface area contributed by atoms with Gasteiger partial charge in [0.2, 0.25) is 75.1 Å². The van der Waals surface area contributed by atoms with Crippen LogP contribution in [0.2, 0.25) is 10.0 Å². The number of hydrogen-bond donors (Lipinski definition) is 19. The molecule has 6 aromatic carbocycles. The van der Waals surface area contributed by atoms with Crippen molar-refractivity contribution in [1.29, 1.82) is 0 Å². The van der Waals surface area contributed by atoms with Gasteiger partial charge in [-0.05, 0) is 214 Å². The number of amides is 8. The molecule has 19 rings (SSSR count). The van der Waals surface area contributed by atoms with Crippen LogP contribution in [0.4, 0.5) is 0 Å². The van der Waals surface area contributed by atoms with E-state index in [1.807, 2.05) is 13.8 Å². The first-order valence-corrected chi connectivity index (χ1v) is 47.5. The first-order chi connectivity index (χ1) is 63.7. The monoisotopic (exact) mass is 1920 g/mol. The van der Waals surface area contributed by atoms with Crippen molar-refractivity contribution < 1.29 is 126 Å². The van der Waals surface area contributed by atoms with Crippen LogP contribution in [0.25, 0.3) is 11.1 Å². The van der Waals surface area contributed by atoms with Gasteiger partial charge in [-0.1, -0.05) is 81.1 Å². The normalized spacial score (nSPS) is 30.9. The van der Waals surface area contributed by atoms with Crippen LogP contribution in [0.5, 0.6) is 40.2 Å². The van der Waals surface area contributed by atoms with E-state index < -0.39 is 237 Å². The largest absolute Gasteiger partial charge is 0.508 e. The summed E-state index contributed by atoms with van der Waals surface area (Å²) in [7, 11) is -2.77. The average Bonchev–Trinajstić information content (AvgIpc) is 1.54. The highest BCUT2D eigenvalue weighted by Gasteiger charge is 2.55. The quantitative estimate of drug-likeness (QED) is 0.0322. The highest BCUT2D eigenvalue weighted by Crippen LogP contribution is 2.57. The van der Waals surface area contributed by atoms with E-state index in [0.717, 1.165) is 75.6 Å². The van der Waals surface area contributed by atoms with Gasteiger partial charge in [0.25, 0.3) is 0 Å². The number of ether oxygens (including phenoxy) is 7. The molecule has 41 heteroatoms. The van der Waals surface area contributed by atoms with Crippen molar-refractivity contribution in [2.24, 2.45) is 41.1 Å². The Bertz CT molecular complexity index is 5610. The number of primary amides is 1. The SMILES string of the molecule is CCCCCOc1ccc(S(=O)(=O)N2CCCN(Cc3c(O)cc4c5c3C(O)(O)c3ccc(cc3-5)C3NC(=O)C5NC(=O)C(CC(N)=O)NC(=O)C(NC(=O)C(CC(C)C)NC)C(O)c6ccc(c(Cl)c6)Oc6cc5cc(c6OC5OC(CO)C(O)C(O)C5OC5C[C@](C)(N)C(O)C(C)O5)Oc5ccc(cc5Cl)C(O)C(NC3=O)C(=O)N[C@@H]4C(=O)NC3C4CC5CC(C4)CC3C5)C2)cc1. The van der Waals surface area contributed by atoms with Crippen molar-refractivity contribution in [1.82, 2.24) is 51.7 Å². The molecule has 15 bridgehead atoms. The minimum absolute atomic E-state index is 0.00616. The number of aliphatic hydroxyl groups is 8. The number of rotatable bonds is 23. The number of carbonyl (C=O) groups excluding carboxylic acids is 8. The fourth-order valence-electron chi connectivity index (χ4n) is 20.8. The first-order valence-electron chi connectivity index (χ1n) is 45.3. The number of unbranched alkanes of at least 4 members (excludes halogenated alkanes) is 2. The maximum absolute atomic E-state index is 16.8. The number of phenols is 1. The van der Waals surface area contributed by atoms with Gasteiger partial charge in [0, 0.05) is 54.3 Å². The predicted octanol–water partition coefficient (Wildman–Crippen LogP) is 3.47. The number of nitrogens with two attached hydrogens (primary N) is 2. The number of sulfonamides is 1. The number of benzene rings is 6. The predicted molar refractivity (Wildman–Crippen MR) is 478 cm³/mol. The summed E-state index contributed by atoms with van der Waals surface area (Å²) in [4.78, 5) is 126. The molecule has 18 atom stereocenters. The molecular weight excluding hydrogens is 1800 g/mol. The van der Waals surface area contributed by atoms with E-state index in [1.54, 1.807) is 17.0 Å². The lowest BCUT2D eigenvalue weighted by molar-refractivity contribution is -0.333. The molecule has 722 valence electrons. The van der Waals surface area contributed by atoms with Crippen molar-refractivity contribution in [2.45, 2.75) is 244 Å². The Labute approximate surface area is 782 Å². The van der Waals surface area contributed by atoms with Crippen molar-refractivity contribution in [3.63, 3.8) is 0 Å². The van der Waals surface area contributed by atoms with Gasteiger partial charge < -0.3 is 133 Å². The van der Waals surface area contributed by atoms with Gasteiger partial charge in [-0.2, -0.15) is 4.31 Å². The Kier molecular flexibility index (Phi) is 28.4. The molecule has 8 amide bonds.